The van der Waals surface area contributed by atoms with Crippen molar-refractivity contribution in [2.75, 3.05) is 19.7 Å². The summed E-state index contributed by atoms with van der Waals surface area (Å²) in [6.07, 6.45) is -4.06. The number of alkyl carbamates (subject to hydrolysis) is 1. The van der Waals surface area contributed by atoms with Crippen LogP contribution in [0.25, 0.3) is 11.1 Å². The molecule has 1 saturated heterocycles. The van der Waals surface area contributed by atoms with E-state index in [0.29, 0.717) is 6.42 Å². The molecule has 4 atom stereocenters. The van der Waals surface area contributed by atoms with E-state index in [9.17, 15) is 28.3 Å². The number of ether oxygens (including phenoxy) is 1. The number of aliphatic carboxylic acids is 1. The molecule has 0 spiro atoms. The molecular formula is C26H26F2N2O5. The molecule has 5 rings (SSSR count). The standard InChI is InChI=1S/C26H26F2N2O5/c27-22(28)11-21(24(31)30-10-9-18-19(12-30)23(18)25(32)33)29-26(34)35-13-20-16-7-3-1-5-14(16)15-6-2-4-8-17(15)20/h1-8,18-23H,9-13H2,(H,29,34)(H,32,33). The molecule has 2 fully saturated rings. The van der Waals surface area contributed by atoms with Gasteiger partial charge in [-0.25, -0.2) is 13.6 Å². The fourth-order valence-corrected chi connectivity index (χ4v) is 5.71. The fourth-order valence-electron chi connectivity index (χ4n) is 5.71. The zero-order chi connectivity index (χ0) is 24.7. The Morgan fingerprint density at radius 1 is 1.03 bits per heavy atom. The van der Waals surface area contributed by atoms with Gasteiger partial charge in [-0.05, 0) is 40.5 Å². The number of piperidine rings is 1. The van der Waals surface area contributed by atoms with Gasteiger partial charge in [-0.15, -0.1) is 0 Å². The van der Waals surface area contributed by atoms with Crippen LogP contribution in [0.15, 0.2) is 48.5 Å². The highest BCUT2D eigenvalue weighted by Crippen LogP contribution is 2.51. The predicted molar refractivity (Wildman–Crippen MR) is 122 cm³/mol. The second kappa shape index (κ2) is 9.28. The van der Waals surface area contributed by atoms with Crippen LogP contribution < -0.4 is 5.32 Å². The van der Waals surface area contributed by atoms with Crippen molar-refractivity contribution in [1.82, 2.24) is 10.2 Å². The van der Waals surface area contributed by atoms with Crippen molar-refractivity contribution in [3.8, 4) is 11.1 Å². The highest BCUT2D eigenvalue weighted by atomic mass is 19.3. The van der Waals surface area contributed by atoms with Gasteiger partial charge in [0.25, 0.3) is 0 Å². The second-order valence-corrected chi connectivity index (χ2v) is 9.41. The first kappa shape index (κ1) is 23.3. The molecule has 0 aromatic heterocycles. The van der Waals surface area contributed by atoms with Gasteiger partial charge in [-0.2, -0.15) is 0 Å². The zero-order valence-electron chi connectivity index (χ0n) is 18.9. The summed E-state index contributed by atoms with van der Waals surface area (Å²) in [5.41, 5.74) is 4.15. The highest BCUT2D eigenvalue weighted by molar-refractivity contribution is 5.86. The first-order chi connectivity index (χ1) is 16.8. The number of fused-ring (bicyclic) bond motifs is 4. The molecule has 7 nitrogen and oxygen atoms in total. The number of carboxylic acid groups (broad SMARTS) is 1. The molecule has 2 aromatic carbocycles. The van der Waals surface area contributed by atoms with Crippen LogP contribution in [-0.2, 0) is 14.3 Å². The van der Waals surface area contributed by atoms with Crippen LogP contribution in [0.1, 0.15) is 29.9 Å². The van der Waals surface area contributed by atoms with Crippen molar-refractivity contribution < 1.29 is 33.0 Å². The summed E-state index contributed by atoms with van der Waals surface area (Å²) < 4.78 is 31.9. The number of carboxylic acids is 1. The van der Waals surface area contributed by atoms with Gasteiger partial charge in [0.1, 0.15) is 12.6 Å². The van der Waals surface area contributed by atoms with Crippen LogP contribution in [0.5, 0.6) is 0 Å². The minimum atomic E-state index is -2.80. The van der Waals surface area contributed by atoms with Crippen LogP contribution >= 0.6 is 0 Å². The number of nitrogens with zero attached hydrogens (tertiary/aromatic N) is 1. The highest BCUT2D eigenvalue weighted by Gasteiger charge is 2.57. The molecule has 2 amide bonds. The number of halogens is 2. The van der Waals surface area contributed by atoms with Crippen LogP contribution in [-0.4, -0.2) is 60.1 Å². The molecular weight excluding hydrogens is 458 g/mol. The van der Waals surface area contributed by atoms with Crippen molar-refractivity contribution in [2.45, 2.75) is 31.2 Å². The summed E-state index contributed by atoms with van der Waals surface area (Å²) in [5, 5.41) is 11.6. The SMILES string of the molecule is O=C(NC(CC(F)F)C(=O)N1CCC2C(C1)C2C(=O)O)OCC1c2ccccc2-c2ccccc21. The fraction of sp³-hybridized carbons (Fsp3) is 0.423. The van der Waals surface area contributed by atoms with Gasteiger partial charge in [0.15, 0.2) is 0 Å². The van der Waals surface area contributed by atoms with E-state index in [-0.39, 0.29) is 37.5 Å². The maximum atomic E-state index is 13.2. The summed E-state index contributed by atoms with van der Waals surface area (Å²) in [6, 6.07) is 14.2. The third kappa shape index (κ3) is 4.47. The van der Waals surface area contributed by atoms with E-state index < -0.39 is 42.8 Å². The number of likely N-dealkylation sites (tertiary alicyclic amines) is 1. The van der Waals surface area contributed by atoms with Crippen LogP contribution in [0.4, 0.5) is 13.6 Å². The maximum Gasteiger partial charge on any atom is 0.407 e. The average molecular weight is 484 g/mol. The molecule has 9 heteroatoms. The third-order valence-electron chi connectivity index (χ3n) is 7.44. The second-order valence-electron chi connectivity index (χ2n) is 9.41. The Morgan fingerprint density at radius 3 is 2.26 bits per heavy atom. The molecule has 4 unspecified atom stereocenters. The summed E-state index contributed by atoms with van der Waals surface area (Å²) in [7, 11) is 0. The van der Waals surface area contributed by atoms with E-state index in [4.69, 9.17) is 4.74 Å². The van der Waals surface area contributed by atoms with Crippen molar-refractivity contribution in [1.29, 1.82) is 0 Å². The Labute approximate surface area is 201 Å². The summed E-state index contributed by atoms with van der Waals surface area (Å²) >= 11 is 0. The first-order valence-corrected chi connectivity index (χ1v) is 11.8. The third-order valence-corrected chi connectivity index (χ3v) is 7.44. The lowest BCUT2D eigenvalue weighted by molar-refractivity contribution is -0.139. The van der Waals surface area contributed by atoms with Gasteiger partial charge in [0.2, 0.25) is 12.3 Å². The minimum Gasteiger partial charge on any atom is -0.481 e. The first-order valence-electron chi connectivity index (χ1n) is 11.8. The van der Waals surface area contributed by atoms with Gasteiger partial charge < -0.3 is 20.1 Å². The molecule has 2 aliphatic carbocycles. The van der Waals surface area contributed by atoms with Crippen molar-refractivity contribution in [3.05, 3.63) is 59.7 Å². The number of hydrogen-bond acceptors (Lipinski definition) is 4. The molecule has 1 aliphatic heterocycles. The van der Waals surface area contributed by atoms with E-state index >= 15 is 0 Å². The normalized spacial score (nSPS) is 23.2. The van der Waals surface area contributed by atoms with Gasteiger partial charge in [-0.3, -0.25) is 9.59 Å². The molecule has 35 heavy (non-hydrogen) atoms. The number of hydrogen-bond donors (Lipinski definition) is 2. The molecule has 184 valence electrons. The van der Waals surface area contributed by atoms with Crippen molar-refractivity contribution >= 4 is 18.0 Å². The lowest BCUT2D eigenvalue weighted by atomic mass is 9.98. The lowest BCUT2D eigenvalue weighted by Crippen LogP contribution is -2.51. The minimum absolute atomic E-state index is 0.00318. The number of rotatable bonds is 7. The number of carbonyl (C=O) groups excluding carboxylic acids is 2. The van der Waals surface area contributed by atoms with E-state index in [2.05, 4.69) is 5.32 Å². The van der Waals surface area contributed by atoms with Gasteiger partial charge in [-0.1, -0.05) is 48.5 Å². The van der Waals surface area contributed by atoms with E-state index in [1.807, 2.05) is 48.5 Å². The molecule has 1 heterocycles. The van der Waals surface area contributed by atoms with Gasteiger partial charge in [0.05, 0.1) is 5.92 Å². The summed E-state index contributed by atoms with van der Waals surface area (Å²) in [4.78, 5) is 38.2. The van der Waals surface area contributed by atoms with Crippen LogP contribution in [0.2, 0.25) is 0 Å². The Bertz CT molecular complexity index is 1110. The largest absolute Gasteiger partial charge is 0.481 e. The predicted octanol–water partition coefficient (Wildman–Crippen LogP) is 3.73. The van der Waals surface area contributed by atoms with E-state index in [1.165, 1.54) is 4.90 Å². The Balaban J connectivity index is 1.23. The number of amides is 2. The topological polar surface area (TPSA) is 95.9 Å². The number of benzene rings is 2. The monoisotopic (exact) mass is 484 g/mol. The van der Waals surface area contributed by atoms with E-state index in [1.54, 1.807) is 0 Å². The lowest BCUT2D eigenvalue weighted by Gasteiger charge is -2.30. The molecule has 1 saturated carbocycles. The molecule has 2 N–H and O–H groups in total. The summed E-state index contributed by atoms with van der Waals surface area (Å²) in [6.45, 7) is 0.492. The number of carbonyl (C=O) groups is 3. The smallest absolute Gasteiger partial charge is 0.407 e. The van der Waals surface area contributed by atoms with Gasteiger partial charge in [0, 0.05) is 25.4 Å². The maximum absolute atomic E-state index is 13.2. The Kier molecular flexibility index (Phi) is 6.17. The Hall–Kier alpha value is -3.49. The van der Waals surface area contributed by atoms with Crippen LogP contribution in [0, 0.1) is 17.8 Å². The summed E-state index contributed by atoms with van der Waals surface area (Å²) in [5.74, 6) is -2.34. The number of alkyl halides is 2. The average Bonchev–Trinajstić information content (AvgIpc) is 3.49. The zero-order valence-corrected chi connectivity index (χ0v) is 18.9. The molecule has 2 aromatic rings. The van der Waals surface area contributed by atoms with Gasteiger partial charge >= 0.3 is 12.1 Å². The molecule has 3 aliphatic rings. The van der Waals surface area contributed by atoms with Crippen molar-refractivity contribution in [2.24, 2.45) is 17.8 Å². The Morgan fingerprint density at radius 2 is 1.66 bits per heavy atom. The van der Waals surface area contributed by atoms with E-state index in [0.717, 1.165) is 22.3 Å². The van der Waals surface area contributed by atoms with Crippen molar-refractivity contribution in [3.63, 3.8) is 0 Å². The molecule has 0 bridgehead atoms. The van der Waals surface area contributed by atoms with Crippen LogP contribution in [0.3, 0.4) is 0 Å². The molecule has 0 radical (unpaired) electrons. The number of nitrogens with one attached hydrogen (secondary N) is 1. The quantitative estimate of drug-likeness (QED) is 0.625.